The van der Waals surface area contributed by atoms with Crippen molar-refractivity contribution in [3.05, 3.63) is 158 Å². The van der Waals surface area contributed by atoms with E-state index in [-0.39, 0.29) is 0 Å². The average Bonchev–Trinajstić information content (AvgIpc) is 3.12. The Morgan fingerprint density at radius 2 is 1.04 bits per heavy atom. The molecule has 6 aromatic carbocycles. The summed E-state index contributed by atoms with van der Waals surface area (Å²) < 4.78 is 6.56. The molecule has 226 valence electrons. The van der Waals surface area contributed by atoms with Gasteiger partial charge in [-0.05, 0) is 79.9 Å². The van der Waals surface area contributed by atoms with Gasteiger partial charge in [-0.15, -0.1) is 0 Å². The van der Waals surface area contributed by atoms with Crippen LogP contribution in [0, 0.1) is 6.92 Å². The highest BCUT2D eigenvalue weighted by atomic mass is 28.3. The molecule has 0 unspecified atom stereocenters. The maximum absolute atomic E-state index is 6.56. The summed E-state index contributed by atoms with van der Waals surface area (Å²) in [6, 6.07) is 50.3. The summed E-state index contributed by atoms with van der Waals surface area (Å²) in [5.41, 5.74) is 13.1. The standard InChI is InChI=1S/C43H34N2OSi/c1-29-19-24-38-42(46-43-39(47(38,2)3)27-44-28-45-43)40(29)34-22-20-30(21-23-34)35-25-36(31-13-7-4-8-14-31)41(33-17-11-6-12-18-33)37(26-35)32-15-9-5-10-16-32/h4-28H,1-3H3. The van der Waals surface area contributed by atoms with Gasteiger partial charge >= 0.3 is 0 Å². The molecule has 0 atom stereocenters. The van der Waals surface area contributed by atoms with E-state index >= 15 is 0 Å². The van der Waals surface area contributed by atoms with Crippen LogP contribution in [0.4, 0.5) is 0 Å². The molecule has 0 saturated heterocycles. The Kier molecular flexibility index (Phi) is 7.15. The number of nitrogens with zero attached hydrogens (tertiary/aromatic N) is 2. The first-order valence-corrected chi connectivity index (χ1v) is 19.1. The van der Waals surface area contributed by atoms with Crippen LogP contribution in [0.3, 0.4) is 0 Å². The van der Waals surface area contributed by atoms with Gasteiger partial charge in [0.15, 0.2) is 0 Å². The van der Waals surface area contributed by atoms with E-state index in [4.69, 9.17) is 4.74 Å². The van der Waals surface area contributed by atoms with Crippen LogP contribution in [0.25, 0.3) is 55.6 Å². The van der Waals surface area contributed by atoms with Crippen LogP contribution in [0.15, 0.2) is 152 Å². The summed E-state index contributed by atoms with van der Waals surface area (Å²) in [7, 11) is -2.04. The SMILES string of the molecule is Cc1ccc2c(c1-c1ccc(-c3cc(-c4ccccc4)c(-c4ccccc4)c(-c4ccccc4)c3)cc1)Oc1ncncc1[Si]2(C)C. The smallest absolute Gasteiger partial charge is 0.221 e. The molecule has 3 nitrogen and oxygen atoms in total. The Balaban J connectivity index is 1.29. The summed E-state index contributed by atoms with van der Waals surface area (Å²) in [6.45, 7) is 6.87. The predicted octanol–water partition coefficient (Wildman–Crippen LogP) is 10.0. The third kappa shape index (κ3) is 5.07. The Labute approximate surface area is 277 Å². The number of rotatable bonds is 5. The highest BCUT2D eigenvalue weighted by Gasteiger charge is 2.39. The molecule has 0 aliphatic carbocycles. The molecule has 0 spiro atoms. The summed E-state index contributed by atoms with van der Waals surface area (Å²) in [4.78, 5) is 8.85. The Hall–Kier alpha value is -5.58. The van der Waals surface area contributed by atoms with Gasteiger partial charge in [0.25, 0.3) is 0 Å². The number of hydrogen-bond acceptors (Lipinski definition) is 3. The van der Waals surface area contributed by atoms with Crippen LogP contribution < -0.4 is 15.1 Å². The fraction of sp³-hybridized carbons (Fsp3) is 0.0698. The minimum absolute atomic E-state index is 0.688. The molecule has 0 fully saturated rings. The number of hydrogen-bond donors (Lipinski definition) is 0. The molecule has 0 radical (unpaired) electrons. The second kappa shape index (κ2) is 11.7. The Morgan fingerprint density at radius 3 is 1.64 bits per heavy atom. The number of aromatic nitrogens is 2. The van der Waals surface area contributed by atoms with Gasteiger partial charge in [-0.2, -0.15) is 0 Å². The van der Waals surface area contributed by atoms with E-state index in [9.17, 15) is 0 Å². The lowest BCUT2D eigenvalue weighted by Gasteiger charge is -2.33. The molecule has 4 heteroatoms. The van der Waals surface area contributed by atoms with Crippen molar-refractivity contribution in [2.24, 2.45) is 0 Å². The van der Waals surface area contributed by atoms with Crippen LogP contribution in [0.2, 0.25) is 13.1 Å². The largest absolute Gasteiger partial charge is 0.438 e. The van der Waals surface area contributed by atoms with Gasteiger partial charge in [-0.25, -0.2) is 9.97 Å². The van der Waals surface area contributed by atoms with E-state index in [1.54, 1.807) is 6.33 Å². The van der Waals surface area contributed by atoms with Gasteiger partial charge in [0.2, 0.25) is 5.88 Å². The molecular weight excluding hydrogens is 589 g/mol. The van der Waals surface area contributed by atoms with E-state index in [1.807, 2.05) is 6.20 Å². The average molecular weight is 623 g/mol. The van der Waals surface area contributed by atoms with Crippen molar-refractivity contribution < 1.29 is 4.74 Å². The summed E-state index contributed by atoms with van der Waals surface area (Å²) >= 11 is 0. The number of aryl methyl sites for hydroxylation is 1. The molecular formula is C43H34N2OSi. The zero-order valence-electron chi connectivity index (χ0n) is 26.7. The summed E-state index contributed by atoms with van der Waals surface area (Å²) in [5, 5.41) is 2.42. The van der Waals surface area contributed by atoms with Crippen LogP contribution in [-0.4, -0.2) is 18.0 Å². The van der Waals surface area contributed by atoms with Crippen molar-refractivity contribution in [2.75, 3.05) is 0 Å². The van der Waals surface area contributed by atoms with E-state index in [0.717, 1.165) is 22.1 Å². The topological polar surface area (TPSA) is 35.0 Å². The number of fused-ring (bicyclic) bond motifs is 2. The van der Waals surface area contributed by atoms with Crippen LogP contribution in [-0.2, 0) is 0 Å². The van der Waals surface area contributed by atoms with Gasteiger partial charge in [-0.3, -0.25) is 0 Å². The first-order valence-electron chi connectivity index (χ1n) is 16.1. The van der Waals surface area contributed by atoms with E-state index in [1.165, 1.54) is 55.3 Å². The molecule has 0 saturated carbocycles. The molecule has 7 aromatic rings. The highest BCUT2D eigenvalue weighted by Crippen LogP contribution is 2.44. The molecule has 2 heterocycles. The minimum atomic E-state index is -2.04. The van der Waals surface area contributed by atoms with Crippen molar-refractivity contribution in [1.29, 1.82) is 0 Å². The fourth-order valence-electron chi connectivity index (χ4n) is 6.95. The van der Waals surface area contributed by atoms with Crippen LogP contribution in [0.5, 0.6) is 11.6 Å². The summed E-state index contributed by atoms with van der Waals surface area (Å²) in [6.07, 6.45) is 3.51. The second-order valence-corrected chi connectivity index (χ2v) is 17.1. The minimum Gasteiger partial charge on any atom is -0.438 e. The molecule has 0 amide bonds. The molecule has 0 N–H and O–H groups in total. The molecule has 1 aromatic heterocycles. The molecule has 1 aliphatic rings. The van der Waals surface area contributed by atoms with Crippen molar-refractivity contribution in [3.63, 3.8) is 0 Å². The van der Waals surface area contributed by atoms with Gasteiger partial charge in [0.05, 0.1) is 0 Å². The third-order valence-corrected chi connectivity index (χ3v) is 12.9. The lowest BCUT2D eigenvalue weighted by molar-refractivity contribution is 0.467. The quantitative estimate of drug-likeness (QED) is 0.179. The number of benzene rings is 6. The van der Waals surface area contributed by atoms with Crippen molar-refractivity contribution in [2.45, 2.75) is 20.0 Å². The van der Waals surface area contributed by atoms with Gasteiger partial charge < -0.3 is 4.74 Å². The maximum Gasteiger partial charge on any atom is 0.221 e. The first-order chi connectivity index (χ1) is 23.0. The van der Waals surface area contributed by atoms with Crippen LogP contribution >= 0.6 is 0 Å². The van der Waals surface area contributed by atoms with Gasteiger partial charge in [0, 0.05) is 16.9 Å². The maximum atomic E-state index is 6.56. The van der Waals surface area contributed by atoms with Gasteiger partial charge in [-0.1, -0.05) is 140 Å². The van der Waals surface area contributed by atoms with Gasteiger partial charge in [0.1, 0.15) is 20.2 Å². The molecule has 8 rings (SSSR count). The zero-order valence-corrected chi connectivity index (χ0v) is 27.7. The fourth-order valence-corrected chi connectivity index (χ4v) is 9.53. The zero-order chi connectivity index (χ0) is 32.0. The summed E-state index contributed by atoms with van der Waals surface area (Å²) in [5.74, 6) is 1.62. The van der Waals surface area contributed by atoms with E-state index in [0.29, 0.717) is 5.88 Å². The Morgan fingerprint density at radius 1 is 0.511 bits per heavy atom. The monoisotopic (exact) mass is 622 g/mol. The van der Waals surface area contributed by atoms with Crippen molar-refractivity contribution >= 4 is 18.4 Å². The predicted molar refractivity (Wildman–Crippen MR) is 197 cm³/mol. The van der Waals surface area contributed by atoms with Crippen LogP contribution in [0.1, 0.15) is 5.56 Å². The highest BCUT2D eigenvalue weighted by molar-refractivity contribution is 7.01. The lowest BCUT2D eigenvalue weighted by atomic mass is 9.84. The van der Waals surface area contributed by atoms with Crippen molar-refractivity contribution in [3.8, 4) is 67.3 Å². The van der Waals surface area contributed by atoms with E-state index < -0.39 is 8.07 Å². The molecule has 47 heavy (non-hydrogen) atoms. The lowest BCUT2D eigenvalue weighted by Crippen LogP contribution is -2.56. The number of ether oxygens (including phenoxy) is 1. The van der Waals surface area contributed by atoms with Crippen molar-refractivity contribution in [1.82, 2.24) is 9.97 Å². The molecule has 0 bridgehead atoms. The third-order valence-electron chi connectivity index (χ3n) is 9.46. The first kappa shape index (κ1) is 28.9. The molecule has 1 aliphatic heterocycles. The normalized spacial score (nSPS) is 12.9. The second-order valence-electron chi connectivity index (χ2n) is 12.7. The Bertz CT molecular complexity index is 2170. The van der Waals surface area contributed by atoms with E-state index in [2.05, 4.69) is 170 Å².